The standard InChI is InChI=1S/C12H15N3O/c1-15(2)12-13-10(8-16)11(14-12)9-6-4-3-5-7-9/h3-7,16H,8H2,1-2H3,(H,13,14). The van der Waals surface area contributed by atoms with Gasteiger partial charge in [-0.2, -0.15) is 0 Å². The Balaban J connectivity index is 2.48. The van der Waals surface area contributed by atoms with Crippen molar-refractivity contribution in [1.82, 2.24) is 9.97 Å². The van der Waals surface area contributed by atoms with Crippen molar-refractivity contribution in [3.05, 3.63) is 36.0 Å². The lowest BCUT2D eigenvalue weighted by Gasteiger charge is -2.05. The van der Waals surface area contributed by atoms with E-state index in [-0.39, 0.29) is 6.61 Å². The fraction of sp³-hybridized carbons (Fsp3) is 0.250. The molecule has 0 spiro atoms. The molecule has 0 amide bonds. The van der Waals surface area contributed by atoms with E-state index in [1.165, 1.54) is 0 Å². The second-order valence-electron chi connectivity index (χ2n) is 3.81. The van der Waals surface area contributed by atoms with Gasteiger partial charge >= 0.3 is 0 Å². The highest BCUT2D eigenvalue weighted by Crippen LogP contribution is 2.23. The van der Waals surface area contributed by atoms with Gasteiger partial charge in [0.25, 0.3) is 0 Å². The van der Waals surface area contributed by atoms with Gasteiger partial charge in [-0.1, -0.05) is 30.3 Å². The Kier molecular flexibility index (Phi) is 2.92. The quantitative estimate of drug-likeness (QED) is 0.821. The molecule has 2 aromatic rings. The molecule has 0 aliphatic rings. The van der Waals surface area contributed by atoms with Crippen molar-refractivity contribution in [2.75, 3.05) is 19.0 Å². The van der Waals surface area contributed by atoms with Crippen LogP contribution in [0.2, 0.25) is 0 Å². The van der Waals surface area contributed by atoms with Gasteiger partial charge in [0.05, 0.1) is 18.0 Å². The average molecular weight is 217 g/mol. The van der Waals surface area contributed by atoms with Crippen molar-refractivity contribution in [2.45, 2.75) is 6.61 Å². The van der Waals surface area contributed by atoms with Gasteiger partial charge in [-0.15, -0.1) is 0 Å². The zero-order chi connectivity index (χ0) is 11.5. The van der Waals surface area contributed by atoms with Crippen molar-refractivity contribution in [1.29, 1.82) is 0 Å². The van der Waals surface area contributed by atoms with Crippen molar-refractivity contribution in [3.63, 3.8) is 0 Å². The van der Waals surface area contributed by atoms with Crippen LogP contribution >= 0.6 is 0 Å². The van der Waals surface area contributed by atoms with Gasteiger partial charge in [0.1, 0.15) is 0 Å². The molecule has 2 rings (SSSR count). The maximum Gasteiger partial charge on any atom is 0.203 e. The van der Waals surface area contributed by atoms with Gasteiger partial charge in [-0.3, -0.25) is 0 Å². The molecule has 4 nitrogen and oxygen atoms in total. The maximum atomic E-state index is 9.29. The second kappa shape index (κ2) is 4.37. The molecule has 1 heterocycles. The Hall–Kier alpha value is -1.81. The number of aromatic nitrogens is 2. The lowest BCUT2D eigenvalue weighted by Crippen LogP contribution is -2.10. The van der Waals surface area contributed by atoms with E-state index in [0.717, 1.165) is 22.9 Å². The van der Waals surface area contributed by atoms with Gasteiger partial charge in [-0.05, 0) is 0 Å². The third-order valence-corrected chi connectivity index (χ3v) is 2.40. The van der Waals surface area contributed by atoms with Crippen LogP contribution in [0.4, 0.5) is 5.95 Å². The van der Waals surface area contributed by atoms with Crippen LogP contribution in [-0.2, 0) is 6.61 Å². The van der Waals surface area contributed by atoms with E-state index in [4.69, 9.17) is 0 Å². The minimum Gasteiger partial charge on any atom is -0.390 e. The number of aromatic amines is 1. The third-order valence-electron chi connectivity index (χ3n) is 2.40. The number of aliphatic hydroxyl groups excluding tert-OH is 1. The lowest BCUT2D eigenvalue weighted by atomic mass is 10.1. The molecule has 84 valence electrons. The van der Waals surface area contributed by atoms with Gasteiger partial charge in [-0.25, -0.2) is 4.98 Å². The van der Waals surface area contributed by atoms with Gasteiger partial charge in [0.15, 0.2) is 0 Å². The molecule has 0 saturated heterocycles. The van der Waals surface area contributed by atoms with E-state index in [1.807, 2.05) is 49.3 Å². The van der Waals surface area contributed by atoms with Crippen LogP contribution in [0.5, 0.6) is 0 Å². The molecule has 16 heavy (non-hydrogen) atoms. The van der Waals surface area contributed by atoms with Crippen molar-refractivity contribution < 1.29 is 5.11 Å². The monoisotopic (exact) mass is 217 g/mol. The first-order valence-electron chi connectivity index (χ1n) is 5.15. The fourth-order valence-electron chi connectivity index (χ4n) is 1.56. The molecule has 0 aliphatic heterocycles. The van der Waals surface area contributed by atoms with Crippen molar-refractivity contribution >= 4 is 5.95 Å². The van der Waals surface area contributed by atoms with Crippen LogP contribution in [0.3, 0.4) is 0 Å². The molecule has 0 aliphatic carbocycles. The molecule has 0 radical (unpaired) electrons. The molecule has 1 aromatic carbocycles. The number of aliphatic hydroxyl groups is 1. The minimum absolute atomic E-state index is 0.0366. The van der Waals surface area contributed by atoms with Crippen LogP contribution in [0, 0.1) is 0 Å². The van der Waals surface area contributed by atoms with Crippen LogP contribution in [-0.4, -0.2) is 29.2 Å². The van der Waals surface area contributed by atoms with Crippen molar-refractivity contribution in [2.24, 2.45) is 0 Å². The second-order valence-corrected chi connectivity index (χ2v) is 3.81. The molecule has 0 bridgehead atoms. The summed E-state index contributed by atoms with van der Waals surface area (Å²) >= 11 is 0. The fourth-order valence-corrected chi connectivity index (χ4v) is 1.56. The summed E-state index contributed by atoms with van der Waals surface area (Å²) in [5.74, 6) is 0.753. The number of benzene rings is 1. The Morgan fingerprint density at radius 3 is 2.50 bits per heavy atom. The smallest absolute Gasteiger partial charge is 0.203 e. The summed E-state index contributed by atoms with van der Waals surface area (Å²) in [6.45, 7) is -0.0366. The molecule has 0 fully saturated rings. The SMILES string of the molecule is CN(C)c1nc(-c2ccccc2)c(CO)[nH]1. The Morgan fingerprint density at radius 2 is 1.94 bits per heavy atom. The first-order valence-corrected chi connectivity index (χ1v) is 5.15. The molecule has 0 unspecified atom stereocenters. The first kappa shape index (κ1) is 10.7. The van der Waals surface area contributed by atoms with Gasteiger partial charge in [0.2, 0.25) is 5.95 Å². The Bertz CT molecular complexity index is 462. The number of imidazole rings is 1. The zero-order valence-corrected chi connectivity index (χ0v) is 9.44. The van der Waals surface area contributed by atoms with Crippen LogP contribution in [0.25, 0.3) is 11.3 Å². The third kappa shape index (κ3) is 1.92. The number of rotatable bonds is 3. The minimum atomic E-state index is -0.0366. The van der Waals surface area contributed by atoms with E-state index in [0.29, 0.717) is 0 Å². The molecule has 4 heteroatoms. The lowest BCUT2D eigenvalue weighted by molar-refractivity contribution is 0.278. The van der Waals surface area contributed by atoms with E-state index < -0.39 is 0 Å². The highest BCUT2D eigenvalue weighted by atomic mass is 16.3. The van der Waals surface area contributed by atoms with Crippen LogP contribution in [0.1, 0.15) is 5.69 Å². The number of hydrogen-bond acceptors (Lipinski definition) is 3. The number of H-pyrrole nitrogens is 1. The largest absolute Gasteiger partial charge is 0.390 e. The zero-order valence-electron chi connectivity index (χ0n) is 9.44. The van der Waals surface area contributed by atoms with Crippen molar-refractivity contribution in [3.8, 4) is 11.3 Å². The predicted octanol–water partition coefficient (Wildman–Crippen LogP) is 1.63. The molecule has 2 N–H and O–H groups in total. The highest BCUT2D eigenvalue weighted by molar-refractivity contribution is 5.64. The Morgan fingerprint density at radius 1 is 1.25 bits per heavy atom. The predicted molar refractivity (Wildman–Crippen MR) is 64.3 cm³/mol. The van der Waals surface area contributed by atoms with Gasteiger partial charge in [0, 0.05) is 19.7 Å². The van der Waals surface area contributed by atoms with E-state index in [2.05, 4.69) is 9.97 Å². The number of hydrogen-bond donors (Lipinski definition) is 2. The van der Waals surface area contributed by atoms with E-state index >= 15 is 0 Å². The van der Waals surface area contributed by atoms with E-state index in [1.54, 1.807) is 0 Å². The molecule has 0 saturated carbocycles. The highest BCUT2D eigenvalue weighted by Gasteiger charge is 2.11. The van der Waals surface area contributed by atoms with E-state index in [9.17, 15) is 5.11 Å². The maximum absolute atomic E-state index is 9.29. The summed E-state index contributed by atoms with van der Waals surface area (Å²) in [7, 11) is 3.82. The summed E-state index contributed by atoms with van der Waals surface area (Å²) in [6, 6.07) is 9.84. The normalized spacial score (nSPS) is 10.4. The summed E-state index contributed by atoms with van der Waals surface area (Å²) in [4.78, 5) is 9.44. The average Bonchev–Trinajstić information content (AvgIpc) is 2.74. The number of nitrogens with one attached hydrogen (secondary N) is 1. The molecular formula is C12H15N3O. The van der Waals surface area contributed by atoms with Gasteiger partial charge < -0.3 is 15.0 Å². The summed E-state index contributed by atoms with van der Waals surface area (Å²) in [5, 5.41) is 9.29. The van der Waals surface area contributed by atoms with Crippen LogP contribution < -0.4 is 4.90 Å². The molecular weight excluding hydrogens is 202 g/mol. The molecule has 1 aromatic heterocycles. The Labute approximate surface area is 94.6 Å². The topological polar surface area (TPSA) is 52.1 Å². The number of nitrogens with zero attached hydrogens (tertiary/aromatic N) is 2. The summed E-state index contributed by atoms with van der Waals surface area (Å²) in [6.07, 6.45) is 0. The summed E-state index contributed by atoms with van der Waals surface area (Å²) in [5.41, 5.74) is 2.57. The first-order chi connectivity index (χ1) is 7.72. The summed E-state index contributed by atoms with van der Waals surface area (Å²) < 4.78 is 0. The van der Waals surface area contributed by atoms with Crippen LogP contribution in [0.15, 0.2) is 30.3 Å². The number of anilines is 1. The molecule has 0 atom stereocenters.